The molecule has 0 saturated heterocycles. The number of aryl methyl sites for hydroxylation is 3. The fourth-order valence-corrected chi connectivity index (χ4v) is 13.4. The van der Waals surface area contributed by atoms with Crippen molar-refractivity contribution >= 4 is 68.1 Å². The Bertz CT molecular complexity index is 3170. The minimum absolute atomic E-state index is 0.0604. The topological polar surface area (TPSA) is 19.6 Å². The first-order valence-electron chi connectivity index (χ1n) is 24.4. The fourth-order valence-electron chi connectivity index (χ4n) is 13.4. The van der Waals surface area contributed by atoms with E-state index in [-0.39, 0.29) is 33.9 Å². The van der Waals surface area contributed by atoms with Gasteiger partial charge in [-0.25, -0.2) is 0 Å². The van der Waals surface area contributed by atoms with Crippen LogP contribution in [0.5, 0.6) is 0 Å². The van der Waals surface area contributed by atoms with Gasteiger partial charge in [0.1, 0.15) is 5.58 Å². The summed E-state index contributed by atoms with van der Waals surface area (Å²) in [6.07, 6.45) is 8.32. The highest BCUT2D eigenvalue weighted by Gasteiger charge is 2.49. The lowest BCUT2D eigenvalue weighted by atomic mass is 9.43. The molecular formula is C60H65BN2O. The molecule has 0 saturated carbocycles. The van der Waals surface area contributed by atoms with Gasteiger partial charge in [-0.2, -0.15) is 0 Å². The molecule has 2 aliphatic heterocycles. The Balaban J connectivity index is 1.23. The summed E-state index contributed by atoms with van der Waals surface area (Å²) in [7, 11) is 0. The number of anilines is 5. The molecule has 324 valence electrons. The predicted octanol–water partition coefficient (Wildman–Crippen LogP) is 15.2. The summed E-state index contributed by atoms with van der Waals surface area (Å²) in [5.41, 5.74) is 25.6. The van der Waals surface area contributed by atoms with Crippen LogP contribution in [0.4, 0.5) is 28.4 Å². The highest BCUT2D eigenvalue weighted by atomic mass is 16.3. The Labute approximate surface area is 382 Å². The van der Waals surface area contributed by atoms with E-state index in [0.717, 1.165) is 17.6 Å². The molecule has 4 heteroatoms. The standard InChI is InChI=1S/C60H65BN2O/c1-35-28-42-41-32-46-47(60(11,12)27-26-59(46,9)10)34-50(41)63(38-19-21-43-45(31-38)58(7,8)25-24-57(43,5)6)61-48-22-20-40-39-17-13-14-18-52(39)64-55(40)54(48)62(51(29-35)53(42)61)49-33-44-37(30-36(49)2)16-15-23-56(44,3)4/h13-14,17-22,28-34H,15-16,23-27H2,1-12H3. The molecular weight excluding hydrogens is 775 g/mol. The third kappa shape index (κ3) is 5.53. The molecule has 0 spiro atoms. The average Bonchev–Trinajstić information content (AvgIpc) is 3.63. The molecule has 0 bridgehead atoms. The second-order valence-corrected chi connectivity index (χ2v) is 24.0. The molecule has 3 nitrogen and oxygen atoms in total. The maximum absolute atomic E-state index is 7.18. The largest absolute Gasteiger partial charge is 0.454 e. The Hall–Kier alpha value is -5.22. The minimum Gasteiger partial charge on any atom is -0.454 e. The molecule has 3 heterocycles. The number of fused-ring (bicyclic) bond motifs is 11. The number of para-hydroxylation sites is 1. The highest BCUT2D eigenvalue weighted by molar-refractivity contribution is 6.94. The maximum Gasteiger partial charge on any atom is 0.333 e. The lowest BCUT2D eigenvalue weighted by Crippen LogP contribution is -2.61. The van der Waals surface area contributed by atoms with E-state index >= 15 is 0 Å². The third-order valence-corrected chi connectivity index (χ3v) is 17.4. The summed E-state index contributed by atoms with van der Waals surface area (Å²) in [6, 6.07) is 36.4. The van der Waals surface area contributed by atoms with Crippen LogP contribution in [0.1, 0.15) is 152 Å². The van der Waals surface area contributed by atoms with E-state index < -0.39 is 0 Å². The van der Waals surface area contributed by atoms with Crippen LogP contribution in [0.2, 0.25) is 0 Å². The summed E-state index contributed by atoms with van der Waals surface area (Å²) in [5, 5.41) is 2.34. The van der Waals surface area contributed by atoms with Gasteiger partial charge in [0.15, 0.2) is 5.58 Å². The Morgan fingerprint density at radius 1 is 0.531 bits per heavy atom. The maximum atomic E-state index is 7.18. The molecule has 0 N–H and O–H groups in total. The predicted molar refractivity (Wildman–Crippen MR) is 273 cm³/mol. The summed E-state index contributed by atoms with van der Waals surface area (Å²) in [6.45, 7) is 29.2. The molecule has 0 unspecified atom stereocenters. The smallest absolute Gasteiger partial charge is 0.333 e. The van der Waals surface area contributed by atoms with Crippen molar-refractivity contribution in [3.63, 3.8) is 0 Å². The van der Waals surface area contributed by atoms with Crippen molar-refractivity contribution in [3.05, 3.63) is 136 Å². The van der Waals surface area contributed by atoms with Gasteiger partial charge in [-0.1, -0.05) is 118 Å². The van der Waals surface area contributed by atoms with Gasteiger partial charge in [-0.3, -0.25) is 0 Å². The molecule has 5 aliphatic rings. The molecule has 3 aliphatic carbocycles. The normalized spacial score (nSPS) is 20.3. The van der Waals surface area contributed by atoms with E-state index in [4.69, 9.17) is 4.42 Å². The van der Waals surface area contributed by atoms with Gasteiger partial charge in [0.2, 0.25) is 0 Å². The van der Waals surface area contributed by atoms with Gasteiger partial charge in [0, 0.05) is 39.1 Å². The van der Waals surface area contributed by atoms with E-state index in [0.29, 0.717) is 0 Å². The first kappa shape index (κ1) is 40.3. The summed E-state index contributed by atoms with van der Waals surface area (Å²) < 4.78 is 7.18. The van der Waals surface area contributed by atoms with Crippen molar-refractivity contribution in [1.29, 1.82) is 0 Å². The number of hydrogen-bond donors (Lipinski definition) is 0. The second kappa shape index (κ2) is 13.0. The lowest BCUT2D eigenvalue weighted by molar-refractivity contribution is 0.332. The van der Waals surface area contributed by atoms with Crippen LogP contribution in [0.25, 0.3) is 33.1 Å². The zero-order chi connectivity index (χ0) is 44.6. The van der Waals surface area contributed by atoms with Crippen LogP contribution in [0.15, 0.2) is 95.4 Å². The van der Waals surface area contributed by atoms with Crippen LogP contribution < -0.4 is 20.6 Å². The van der Waals surface area contributed by atoms with Gasteiger partial charge in [-0.05, 0) is 189 Å². The molecule has 0 amide bonds. The van der Waals surface area contributed by atoms with Crippen molar-refractivity contribution in [2.75, 3.05) is 9.71 Å². The quantitative estimate of drug-likeness (QED) is 0.162. The van der Waals surface area contributed by atoms with Crippen molar-refractivity contribution in [2.45, 2.75) is 155 Å². The molecule has 0 fully saturated rings. The van der Waals surface area contributed by atoms with Crippen LogP contribution in [-0.2, 0) is 33.5 Å². The molecule has 7 aromatic rings. The zero-order valence-electron chi connectivity index (χ0n) is 40.5. The van der Waals surface area contributed by atoms with E-state index in [1.165, 1.54) is 144 Å². The lowest BCUT2D eigenvalue weighted by Gasteiger charge is -2.49. The van der Waals surface area contributed by atoms with E-state index in [9.17, 15) is 0 Å². The van der Waals surface area contributed by atoms with Gasteiger partial charge in [0.05, 0.1) is 5.69 Å². The third-order valence-electron chi connectivity index (χ3n) is 17.4. The van der Waals surface area contributed by atoms with E-state index in [1.54, 1.807) is 0 Å². The number of benzene rings is 6. The van der Waals surface area contributed by atoms with Crippen LogP contribution in [0.3, 0.4) is 0 Å². The summed E-state index contributed by atoms with van der Waals surface area (Å²) in [5.74, 6) is 0. The van der Waals surface area contributed by atoms with Crippen molar-refractivity contribution in [1.82, 2.24) is 0 Å². The highest BCUT2D eigenvalue weighted by Crippen LogP contribution is 2.56. The first-order chi connectivity index (χ1) is 30.3. The fraction of sp³-hybridized carbons (Fsp3) is 0.400. The Morgan fingerprint density at radius 2 is 1.17 bits per heavy atom. The van der Waals surface area contributed by atoms with Crippen molar-refractivity contribution in [3.8, 4) is 11.1 Å². The van der Waals surface area contributed by atoms with Gasteiger partial charge in [0.25, 0.3) is 0 Å². The first-order valence-corrected chi connectivity index (χ1v) is 24.4. The van der Waals surface area contributed by atoms with Crippen molar-refractivity contribution < 1.29 is 4.42 Å². The minimum atomic E-state index is -0.0909. The molecule has 0 radical (unpaired) electrons. The van der Waals surface area contributed by atoms with E-state index in [2.05, 4.69) is 184 Å². The summed E-state index contributed by atoms with van der Waals surface area (Å²) >= 11 is 0. The molecule has 1 aromatic heterocycles. The zero-order valence-corrected chi connectivity index (χ0v) is 40.5. The van der Waals surface area contributed by atoms with Gasteiger partial charge < -0.3 is 14.1 Å². The number of rotatable bonds is 2. The second-order valence-electron chi connectivity index (χ2n) is 24.0. The molecule has 0 atom stereocenters. The van der Waals surface area contributed by atoms with Crippen LogP contribution in [0, 0.1) is 13.8 Å². The van der Waals surface area contributed by atoms with Crippen molar-refractivity contribution in [2.24, 2.45) is 0 Å². The van der Waals surface area contributed by atoms with Gasteiger partial charge in [-0.15, -0.1) is 0 Å². The van der Waals surface area contributed by atoms with Crippen LogP contribution >= 0.6 is 0 Å². The Morgan fingerprint density at radius 3 is 1.91 bits per heavy atom. The Kier molecular flexibility index (Phi) is 8.18. The number of hydrogen-bond acceptors (Lipinski definition) is 3. The molecule has 6 aromatic carbocycles. The SMILES string of the molecule is Cc1cc2c3c(c1)N(c1cc4c(cc1C)CCCC4(C)C)c1c(ccc4c1oc1ccccc14)B3N(c1ccc3c(c1)C(C)(C)CCC3(C)C)c1cc3c(cc1-2)C(C)(C)CCC3(C)C. The van der Waals surface area contributed by atoms with E-state index in [1.807, 2.05) is 0 Å². The van der Waals surface area contributed by atoms with Crippen LogP contribution in [-0.4, -0.2) is 6.85 Å². The summed E-state index contributed by atoms with van der Waals surface area (Å²) in [4.78, 5) is 5.43. The van der Waals surface area contributed by atoms with Gasteiger partial charge >= 0.3 is 6.85 Å². The average molecular weight is 841 g/mol. The monoisotopic (exact) mass is 841 g/mol. The molecule has 64 heavy (non-hydrogen) atoms. The molecule has 12 rings (SSSR count). The number of furan rings is 1. The number of nitrogens with zero attached hydrogens (tertiary/aromatic N) is 2.